The number of aryl methyl sites for hydroxylation is 3. The van der Waals surface area contributed by atoms with Crippen molar-refractivity contribution >= 4 is 5.69 Å². The van der Waals surface area contributed by atoms with Gasteiger partial charge in [-0.15, -0.1) is 0 Å². The van der Waals surface area contributed by atoms with Gasteiger partial charge in [-0.05, 0) is 43.7 Å². The van der Waals surface area contributed by atoms with Crippen molar-refractivity contribution in [2.45, 2.75) is 74.1 Å². The van der Waals surface area contributed by atoms with Crippen molar-refractivity contribution < 1.29 is 0 Å². The molecule has 0 atom stereocenters. The summed E-state index contributed by atoms with van der Waals surface area (Å²) in [5.74, 6) is 0. The Hall–Kier alpha value is -0.980. The average Bonchev–Trinajstić information content (AvgIpc) is 2.53. The molecule has 0 aliphatic carbocycles. The van der Waals surface area contributed by atoms with Gasteiger partial charge in [0.05, 0.1) is 0 Å². The minimum atomic E-state index is 1.28. The lowest BCUT2D eigenvalue weighted by Crippen LogP contribution is -2.34. The molecule has 0 bridgehead atoms. The van der Waals surface area contributed by atoms with Crippen molar-refractivity contribution in [3.63, 3.8) is 0 Å². The Kier molecular flexibility index (Phi) is 10.2. The summed E-state index contributed by atoms with van der Waals surface area (Å²) in [6, 6.07) is 4.77. The van der Waals surface area contributed by atoms with Gasteiger partial charge in [0.15, 0.2) is 0 Å². The monoisotopic (exact) mass is 277 g/mol. The molecule has 1 aromatic carbocycles. The first-order valence-corrected chi connectivity index (χ1v) is 8.72. The normalized spacial score (nSPS) is 14.4. The molecule has 1 nitrogen and oxygen atoms in total. The summed E-state index contributed by atoms with van der Waals surface area (Å²) in [6.07, 6.45) is 5.27. The Morgan fingerprint density at radius 1 is 0.750 bits per heavy atom. The molecule has 0 unspecified atom stereocenters. The van der Waals surface area contributed by atoms with Crippen LogP contribution in [-0.4, -0.2) is 13.1 Å². The molecular weight excluding hydrogens is 242 g/mol. The highest BCUT2D eigenvalue weighted by atomic mass is 15.1. The lowest BCUT2D eigenvalue weighted by Gasteiger charge is -2.37. The van der Waals surface area contributed by atoms with E-state index in [0.29, 0.717) is 0 Å². The predicted octanol–water partition coefficient (Wildman–Crippen LogP) is 5.77. The lowest BCUT2D eigenvalue weighted by atomic mass is 9.90. The van der Waals surface area contributed by atoms with Gasteiger partial charge in [-0.2, -0.15) is 0 Å². The van der Waals surface area contributed by atoms with Crippen molar-refractivity contribution in [3.8, 4) is 0 Å². The molecule has 0 fully saturated rings. The summed E-state index contributed by atoms with van der Waals surface area (Å²) in [5, 5.41) is 0. The third kappa shape index (κ3) is 4.54. The van der Waals surface area contributed by atoms with Crippen molar-refractivity contribution in [2.24, 2.45) is 0 Å². The van der Waals surface area contributed by atoms with Gasteiger partial charge in [-0.25, -0.2) is 0 Å². The van der Waals surface area contributed by atoms with E-state index in [9.17, 15) is 0 Å². The molecule has 0 spiro atoms. The predicted molar refractivity (Wildman–Crippen MR) is 94.1 cm³/mol. The Balaban J connectivity index is 0.000000538. The van der Waals surface area contributed by atoms with Crippen LogP contribution in [0.4, 0.5) is 5.69 Å². The van der Waals surface area contributed by atoms with Crippen LogP contribution in [0.3, 0.4) is 0 Å². The number of hydrogen-bond donors (Lipinski definition) is 0. The minimum Gasteiger partial charge on any atom is -0.371 e. The highest BCUT2D eigenvalue weighted by Gasteiger charge is 2.23. The lowest BCUT2D eigenvalue weighted by molar-refractivity contribution is 0.633. The molecule has 0 N–H and O–H groups in total. The Morgan fingerprint density at radius 3 is 1.55 bits per heavy atom. The summed E-state index contributed by atoms with van der Waals surface area (Å²) >= 11 is 0. The third-order valence-electron chi connectivity index (χ3n) is 3.48. The summed E-state index contributed by atoms with van der Waals surface area (Å²) < 4.78 is 0. The minimum absolute atomic E-state index is 1.28. The number of nitrogens with zero attached hydrogens (tertiary/aromatic N) is 1. The van der Waals surface area contributed by atoms with E-state index in [1.807, 2.05) is 41.5 Å². The molecular formula is C19H35N. The molecule has 0 aromatic heterocycles. The van der Waals surface area contributed by atoms with Crippen LogP contribution in [0.5, 0.6) is 0 Å². The average molecular weight is 277 g/mol. The van der Waals surface area contributed by atoms with E-state index < -0.39 is 0 Å². The van der Waals surface area contributed by atoms with Gasteiger partial charge >= 0.3 is 0 Å². The fourth-order valence-electron chi connectivity index (χ4n) is 2.98. The van der Waals surface area contributed by atoms with Crippen LogP contribution in [0, 0.1) is 6.92 Å². The SMILES string of the molecule is CC.CC.CC.Cc1cc2c3c(c1)CCCN3CCC2. The molecule has 20 heavy (non-hydrogen) atoms. The van der Waals surface area contributed by atoms with Crippen LogP contribution >= 0.6 is 0 Å². The van der Waals surface area contributed by atoms with Crippen molar-refractivity contribution in [1.82, 2.24) is 0 Å². The summed E-state index contributed by atoms with van der Waals surface area (Å²) in [4.78, 5) is 2.59. The second kappa shape index (κ2) is 10.8. The quantitative estimate of drug-likeness (QED) is 0.581. The number of rotatable bonds is 0. The van der Waals surface area contributed by atoms with Gasteiger partial charge in [-0.3, -0.25) is 0 Å². The van der Waals surface area contributed by atoms with Gasteiger partial charge in [-0.1, -0.05) is 59.2 Å². The Bertz CT molecular complexity index is 337. The smallest absolute Gasteiger partial charge is 0.0431 e. The van der Waals surface area contributed by atoms with Crippen molar-refractivity contribution in [2.75, 3.05) is 18.0 Å². The first-order chi connectivity index (χ1) is 9.84. The molecule has 0 radical (unpaired) electrons. The van der Waals surface area contributed by atoms with Gasteiger partial charge in [0.25, 0.3) is 0 Å². The molecule has 1 aromatic rings. The van der Waals surface area contributed by atoms with Crippen LogP contribution in [0.25, 0.3) is 0 Å². The van der Waals surface area contributed by atoms with E-state index in [4.69, 9.17) is 0 Å². The topological polar surface area (TPSA) is 3.24 Å². The van der Waals surface area contributed by atoms with Crippen molar-refractivity contribution in [1.29, 1.82) is 0 Å². The van der Waals surface area contributed by atoms with Gasteiger partial charge < -0.3 is 4.90 Å². The van der Waals surface area contributed by atoms with E-state index in [1.165, 1.54) is 44.3 Å². The third-order valence-corrected chi connectivity index (χ3v) is 3.48. The molecule has 1 heteroatoms. The van der Waals surface area contributed by atoms with Crippen LogP contribution < -0.4 is 4.90 Å². The molecule has 0 saturated carbocycles. The van der Waals surface area contributed by atoms with Crippen LogP contribution in [0.2, 0.25) is 0 Å². The zero-order valence-corrected chi connectivity index (χ0v) is 14.8. The van der Waals surface area contributed by atoms with Gasteiger partial charge in [0.2, 0.25) is 0 Å². The highest BCUT2D eigenvalue weighted by Crippen LogP contribution is 2.35. The van der Waals surface area contributed by atoms with Crippen LogP contribution in [-0.2, 0) is 12.8 Å². The van der Waals surface area contributed by atoms with Gasteiger partial charge in [0, 0.05) is 18.8 Å². The molecule has 0 saturated heterocycles. The molecule has 3 rings (SSSR count). The van der Waals surface area contributed by atoms with Crippen LogP contribution in [0.1, 0.15) is 71.1 Å². The first-order valence-electron chi connectivity index (χ1n) is 8.72. The van der Waals surface area contributed by atoms with E-state index in [1.54, 1.807) is 16.8 Å². The van der Waals surface area contributed by atoms with E-state index >= 15 is 0 Å². The molecule has 0 amide bonds. The van der Waals surface area contributed by atoms with E-state index in [-0.39, 0.29) is 0 Å². The largest absolute Gasteiger partial charge is 0.371 e. The number of anilines is 1. The Labute approximate surface area is 127 Å². The van der Waals surface area contributed by atoms with Crippen molar-refractivity contribution in [3.05, 3.63) is 28.8 Å². The summed E-state index contributed by atoms with van der Waals surface area (Å²) in [6.45, 7) is 16.8. The molecule has 2 aliphatic heterocycles. The number of benzene rings is 1. The summed E-state index contributed by atoms with van der Waals surface area (Å²) in [7, 11) is 0. The molecule has 116 valence electrons. The van der Waals surface area contributed by atoms with Gasteiger partial charge in [0.1, 0.15) is 0 Å². The highest BCUT2D eigenvalue weighted by molar-refractivity contribution is 5.63. The Morgan fingerprint density at radius 2 is 1.15 bits per heavy atom. The zero-order valence-electron chi connectivity index (χ0n) is 14.8. The standard InChI is InChI=1S/C13H17N.3C2H6/c1-10-8-11-4-2-6-14-7-3-5-12(9-10)13(11)14;3*1-2/h8-9H,2-7H2,1H3;3*1-2H3. The maximum Gasteiger partial charge on any atom is 0.0431 e. The zero-order chi connectivity index (χ0) is 15.5. The van der Waals surface area contributed by atoms with E-state index in [2.05, 4.69) is 24.0 Å². The first kappa shape index (κ1) is 19.0. The van der Waals surface area contributed by atoms with E-state index in [0.717, 1.165) is 0 Å². The fraction of sp³-hybridized carbons (Fsp3) is 0.684. The second-order valence-electron chi connectivity index (χ2n) is 4.63. The fourth-order valence-corrected chi connectivity index (χ4v) is 2.98. The summed E-state index contributed by atoms with van der Waals surface area (Å²) in [5.41, 5.74) is 6.24. The number of hydrogen-bond acceptors (Lipinski definition) is 1. The molecule has 2 heterocycles. The second-order valence-corrected chi connectivity index (χ2v) is 4.63. The molecule has 2 aliphatic rings. The maximum absolute atomic E-state index is 2.59. The maximum atomic E-state index is 2.59. The van der Waals surface area contributed by atoms with Crippen LogP contribution in [0.15, 0.2) is 12.1 Å².